The first-order valence-corrected chi connectivity index (χ1v) is 6.54. The van der Waals surface area contributed by atoms with E-state index in [1.54, 1.807) is 11.3 Å². The molecule has 0 radical (unpaired) electrons. The summed E-state index contributed by atoms with van der Waals surface area (Å²) in [6, 6.07) is 6.39. The Morgan fingerprint density at radius 2 is 2.06 bits per heavy atom. The minimum atomic E-state index is 0.380. The van der Waals surface area contributed by atoms with Crippen LogP contribution >= 0.6 is 11.3 Å². The van der Waals surface area contributed by atoms with Gasteiger partial charge in [-0.2, -0.15) is 0 Å². The van der Waals surface area contributed by atoms with Gasteiger partial charge in [0.25, 0.3) is 0 Å². The van der Waals surface area contributed by atoms with Crippen LogP contribution in [0.25, 0.3) is 10.2 Å². The molecular formula is C13H18N2S. The van der Waals surface area contributed by atoms with Crippen molar-refractivity contribution in [1.29, 1.82) is 0 Å². The zero-order chi connectivity index (χ0) is 11.7. The second-order valence-corrected chi connectivity index (χ2v) is 5.60. The first-order valence-electron chi connectivity index (χ1n) is 5.73. The lowest BCUT2D eigenvalue weighted by atomic mass is 10.0. The molecule has 0 aliphatic heterocycles. The molecule has 16 heavy (non-hydrogen) atoms. The van der Waals surface area contributed by atoms with Crippen LogP contribution in [0.4, 0.5) is 0 Å². The van der Waals surface area contributed by atoms with Crippen molar-refractivity contribution in [3.63, 3.8) is 0 Å². The van der Waals surface area contributed by atoms with Gasteiger partial charge >= 0.3 is 0 Å². The van der Waals surface area contributed by atoms with Crippen LogP contribution in [0, 0.1) is 0 Å². The highest BCUT2D eigenvalue weighted by Crippen LogP contribution is 2.31. The number of thiazole rings is 1. The molecule has 0 aliphatic carbocycles. The van der Waals surface area contributed by atoms with E-state index in [2.05, 4.69) is 39.0 Å². The highest BCUT2D eigenvalue weighted by molar-refractivity contribution is 7.18. The summed E-state index contributed by atoms with van der Waals surface area (Å²) in [4.78, 5) is 4.74. The monoisotopic (exact) mass is 234 g/mol. The number of hydrogen-bond donors (Lipinski definition) is 1. The smallest absolute Gasteiger partial charge is 0.0964 e. The van der Waals surface area contributed by atoms with Crippen LogP contribution in [0.15, 0.2) is 18.2 Å². The van der Waals surface area contributed by atoms with Crippen LogP contribution in [0.5, 0.6) is 0 Å². The molecule has 1 aromatic carbocycles. The van der Waals surface area contributed by atoms with E-state index < -0.39 is 0 Å². The van der Waals surface area contributed by atoms with E-state index in [1.807, 2.05) is 0 Å². The van der Waals surface area contributed by atoms with Crippen LogP contribution in [0.2, 0.25) is 0 Å². The second kappa shape index (κ2) is 4.52. The average molecular weight is 234 g/mol. The zero-order valence-corrected chi connectivity index (χ0v) is 10.8. The molecular weight excluding hydrogens is 216 g/mol. The van der Waals surface area contributed by atoms with Crippen molar-refractivity contribution < 1.29 is 0 Å². The average Bonchev–Trinajstić information content (AvgIpc) is 2.71. The summed E-state index contributed by atoms with van der Waals surface area (Å²) in [7, 11) is 0. The number of aromatic nitrogens is 1. The van der Waals surface area contributed by atoms with Gasteiger partial charge in [-0.15, -0.1) is 11.3 Å². The first kappa shape index (κ1) is 11.6. The van der Waals surface area contributed by atoms with Gasteiger partial charge in [0, 0.05) is 5.92 Å². The fourth-order valence-electron chi connectivity index (χ4n) is 1.76. The molecule has 1 heterocycles. The molecule has 1 aromatic heterocycles. The van der Waals surface area contributed by atoms with Crippen LogP contribution in [-0.2, 0) is 0 Å². The highest BCUT2D eigenvalue weighted by atomic mass is 32.1. The lowest BCUT2D eigenvalue weighted by molar-refractivity contribution is 0.777. The third-order valence-electron chi connectivity index (χ3n) is 2.85. The Hall–Kier alpha value is -0.930. The predicted molar refractivity (Wildman–Crippen MR) is 71.2 cm³/mol. The number of nitrogens with two attached hydrogens (primary N) is 1. The normalized spacial score (nSPS) is 13.6. The molecule has 3 heteroatoms. The molecule has 86 valence electrons. The van der Waals surface area contributed by atoms with Crippen LogP contribution in [0.3, 0.4) is 0 Å². The summed E-state index contributed by atoms with van der Waals surface area (Å²) >= 11 is 1.80. The van der Waals surface area contributed by atoms with E-state index in [-0.39, 0.29) is 0 Å². The third kappa shape index (κ3) is 1.97. The van der Waals surface area contributed by atoms with E-state index in [9.17, 15) is 0 Å². The van der Waals surface area contributed by atoms with Crippen molar-refractivity contribution in [2.75, 3.05) is 6.54 Å². The molecule has 0 spiro atoms. The maximum Gasteiger partial charge on any atom is 0.0964 e. The Kier molecular flexibility index (Phi) is 3.26. The van der Waals surface area contributed by atoms with Gasteiger partial charge in [-0.25, -0.2) is 4.98 Å². The minimum absolute atomic E-state index is 0.380. The SMILES string of the molecule is CC(C)c1nc2c(C(C)CN)cccc2s1. The maximum atomic E-state index is 5.74. The number of benzene rings is 1. The summed E-state index contributed by atoms with van der Waals surface area (Å²) in [5.41, 5.74) is 8.17. The summed E-state index contributed by atoms with van der Waals surface area (Å²) in [6.45, 7) is 7.20. The molecule has 0 fully saturated rings. The van der Waals surface area contributed by atoms with Gasteiger partial charge in [0.2, 0.25) is 0 Å². The number of rotatable bonds is 3. The molecule has 2 rings (SSSR count). The van der Waals surface area contributed by atoms with E-state index in [0.717, 1.165) is 5.52 Å². The third-order valence-corrected chi connectivity index (χ3v) is 4.17. The van der Waals surface area contributed by atoms with Crippen molar-refractivity contribution in [1.82, 2.24) is 4.98 Å². The van der Waals surface area contributed by atoms with Crippen molar-refractivity contribution in [2.24, 2.45) is 5.73 Å². The zero-order valence-electron chi connectivity index (χ0n) is 10.0. The van der Waals surface area contributed by atoms with Crippen LogP contribution in [-0.4, -0.2) is 11.5 Å². The lowest BCUT2D eigenvalue weighted by Crippen LogP contribution is -2.09. The molecule has 2 nitrogen and oxygen atoms in total. The van der Waals surface area contributed by atoms with Gasteiger partial charge in [0.1, 0.15) is 0 Å². The Morgan fingerprint density at radius 1 is 1.31 bits per heavy atom. The molecule has 1 atom stereocenters. The number of nitrogens with zero attached hydrogens (tertiary/aromatic N) is 1. The van der Waals surface area contributed by atoms with Crippen molar-refractivity contribution in [3.8, 4) is 0 Å². The number of hydrogen-bond acceptors (Lipinski definition) is 3. The minimum Gasteiger partial charge on any atom is -0.330 e. The molecule has 1 unspecified atom stereocenters. The van der Waals surface area contributed by atoms with Gasteiger partial charge in [-0.3, -0.25) is 0 Å². The summed E-state index contributed by atoms with van der Waals surface area (Å²) < 4.78 is 1.28. The Labute approximate surface area is 101 Å². The second-order valence-electron chi connectivity index (χ2n) is 4.54. The van der Waals surface area contributed by atoms with E-state index in [1.165, 1.54) is 15.3 Å². The van der Waals surface area contributed by atoms with Crippen LogP contribution < -0.4 is 5.73 Å². The molecule has 0 saturated heterocycles. The van der Waals surface area contributed by atoms with Gasteiger partial charge in [0.15, 0.2) is 0 Å². The molecule has 0 amide bonds. The van der Waals surface area contributed by atoms with Crippen LogP contribution in [0.1, 0.15) is 43.2 Å². The van der Waals surface area contributed by atoms with Gasteiger partial charge in [-0.05, 0) is 24.1 Å². The van der Waals surface area contributed by atoms with Crippen molar-refractivity contribution in [2.45, 2.75) is 32.6 Å². The van der Waals surface area contributed by atoms with Gasteiger partial charge < -0.3 is 5.73 Å². The molecule has 2 N–H and O–H groups in total. The highest BCUT2D eigenvalue weighted by Gasteiger charge is 2.13. The summed E-state index contributed by atoms with van der Waals surface area (Å²) in [5, 5.41) is 1.21. The molecule has 2 aromatic rings. The predicted octanol–water partition coefficient (Wildman–Crippen LogP) is 3.48. The van der Waals surface area contributed by atoms with E-state index in [0.29, 0.717) is 18.4 Å². The van der Waals surface area contributed by atoms with Gasteiger partial charge in [-0.1, -0.05) is 32.9 Å². The van der Waals surface area contributed by atoms with E-state index >= 15 is 0 Å². The summed E-state index contributed by atoms with van der Waals surface area (Å²) in [5.74, 6) is 0.879. The Balaban J connectivity index is 2.58. The summed E-state index contributed by atoms with van der Waals surface area (Å²) in [6.07, 6.45) is 0. The molecule has 0 saturated carbocycles. The fraction of sp³-hybridized carbons (Fsp3) is 0.462. The maximum absolute atomic E-state index is 5.74. The fourth-order valence-corrected chi connectivity index (χ4v) is 2.76. The van der Waals surface area contributed by atoms with Crippen molar-refractivity contribution in [3.05, 3.63) is 28.8 Å². The topological polar surface area (TPSA) is 38.9 Å². The Morgan fingerprint density at radius 3 is 2.69 bits per heavy atom. The van der Waals surface area contributed by atoms with Crippen molar-refractivity contribution >= 4 is 21.6 Å². The largest absolute Gasteiger partial charge is 0.330 e. The van der Waals surface area contributed by atoms with E-state index in [4.69, 9.17) is 10.7 Å². The quantitative estimate of drug-likeness (QED) is 0.883. The lowest BCUT2D eigenvalue weighted by Gasteiger charge is -2.08. The first-order chi connectivity index (χ1) is 7.63. The standard InChI is InChI=1S/C13H18N2S/c1-8(2)13-15-12-10(9(3)7-14)5-4-6-11(12)16-13/h4-6,8-9H,7,14H2,1-3H3. The Bertz CT molecular complexity index is 488. The number of para-hydroxylation sites is 1. The molecule has 0 aliphatic rings. The van der Waals surface area contributed by atoms with Gasteiger partial charge in [0.05, 0.1) is 15.2 Å². The number of fused-ring (bicyclic) bond motifs is 1. The molecule has 0 bridgehead atoms.